The number of aromatic nitrogens is 4. The van der Waals surface area contributed by atoms with E-state index in [4.69, 9.17) is 4.98 Å². The van der Waals surface area contributed by atoms with Crippen molar-refractivity contribution in [2.75, 3.05) is 19.0 Å². The summed E-state index contributed by atoms with van der Waals surface area (Å²) >= 11 is 0. The molecule has 0 aliphatic heterocycles. The molecule has 0 spiro atoms. The number of fused-ring (bicyclic) bond motifs is 1. The molecular formula is C18H21N5O. The number of hydrogen-bond acceptors (Lipinski definition) is 4. The number of imidazole rings is 1. The predicted octanol–water partition coefficient (Wildman–Crippen LogP) is 2.97. The molecule has 1 aromatic carbocycles. The summed E-state index contributed by atoms with van der Waals surface area (Å²) in [5.41, 5.74) is 4.07. The first-order chi connectivity index (χ1) is 11.6. The van der Waals surface area contributed by atoms with Gasteiger partial charge in [-0.1, -0.05) is 25.0 Å². The van der Waals surface area contributed by atoms with Crippen LogP contribution in [0.25, 0.3) is 22.6 Å². The molecule has 1 fully saturated rings. The fourth-order valence-electron chi connectivity index (χ4n) is 3.46. The molecule has 0 unspecified atom stereocenters. The van der Waals surface area contributed by atoms with Gasteiger partial charge in [0.15, 0.2) is 11.3 Å². The zero-order chi connectivity index (χ0) is 16.7. The van der Waals surface area contributed by atoms with E-state index in [1.54, 1.807) is 10.8 Å². The lowest BCUT2D eigenvalue weighted by Gasteiger charge is -2.13. The first-order valence-electron chi connectivity index (χ1n) is 8.38. The van der Waals surface area contributed by atoms with E-state index in [-0.39, 0.29) is 11.7 Å². The Bertz CT molecular complexity index is 917. The number of nitrogens with zero attached hydrogens (tertiary/aromatic N) is 4. The molecule has 6 nitrogen and oxygen atoms in total. The highest BCUT2D eigenvalue weighted by Crippen LogP contribution is 2.30. The van der Waals surface area contributed by atoms with E-state index in [0.717, 1.165) is 29.8 Å². The van der Waals surface area contributed by atoms with Gasteiger partial charge in [0.05, 0.1) is 11.9 Å². The van der Waals surface area contributed by atoms with Gasteiger partial charge in [0.2, 0.25) is 0 Å². The number of anilines is 1. The molecule has 1 N–H and O–H groups in total. The molecule has 0 bridgehead atoms. The maximum atomic E-state index is 12.3. The van der Waals surface area contributed by atoms with Crippen LogP contribution in [0.3, 0.4) is 0 Å². The van der Waals surface area contributed by atoms with Crippen molar-refractivity contribution in [1.82, 2.24) is 19.5 Å². The molecule has 6 heteroatoms. The summed E-state index contributed by atoms with van der Waals surface area (Å²) < 4.78 is 1.80. The van der Waals surface area contributed by atoms with Crippen LogP contribution in [0.2, 0.25) is 0 Å². The standard InChI is InChI=1S/C18H21N5O/c1-22(2)13-9-7-12(8-10-13)15-11-19-16-17(20-15)23(18(24)21-16)14-5-3-4-6-14/h7-11,14H,3-6H2,1-2H3,(H,19,21,24). The van der Waals surface area contributed by atoms with Gasteiger partial charge < -0.3 is 4.90 Å². The molecule has 2 aromatic heterocycles. The van der Waals surface area contributed by atoms with Crippen molar-refractivity contribution in [3.63, 3.8) is 0 Å². The third-order valence-corrected chi connectivity index (χ3v) is 4.80. The summed E-state index contributed by atoms with van der Waals surface area (Å²) in [6.07, 6.45) is 6.14. The molecule has 1 saturated carbocycles. The number of H-pyrrole nitrogens is 1. The van der Waals surface area contributed by atoms with Crippen molar-refractivity contribution in [3.05, 3.63) is 40.9 Å². The second-order valence-corrected chi connectivity index (χ2v) is 6.61. The predicted molar refractivity (Wildman–Crippen MR) is 95.4 cm³/mol. The highest BCUT2D eigenvalue weighted by Gasteiger charge is 2.22. The van der Waals surface area contributed by atoms with E-state index in [9.17, 15) is 4.79 Å². The Balaban J connectivity index is 1.79. The fraction of sp³-hybridized carbons (Fsp3) is 0.389. The first kappa shape index (κ1) is 14.9. The number of aromatic amines is 1. The van der Waals surface area contributed by atoms with Crippen LogP contribution in [-0.2, 0) is 0 Å². The van der Waals surface area contributed by atoms with E-state index in [2.05, 4.69) is 27.0 Å². The van der Waals surface area contributed by atoms with Crippen LogP contribution < -0.4 is 10.6 Å². The third kappa shape index (κ3) is 2.48. The van der Waals surface area contributed by atoms with Crippen LogP contribution in [0, 0.1) is 0 Å². The van der Waals surface area contributed by atoms with Crippen molar-refractivity contribution in [1.29, 1.82) is 0 Å². The van der Waals surface area contributed by atoms with Crippen molar-refractivity contribution in [2.24, 2.45) is 0 Å². The van der Waals surface area contributed by atoms with Gasteiger partial charge in [-0.2, -0.15) is 0 Å². The smallest absolute Gasteiger partial charge is 0.329 e. The normalized spacial score (nSPS) is 15.2. The third-order valence-electron chi connectivity index (χ3n) is 4.80. The maximum absolute atomic E-state index is 12.3. The topological polar surface area (TPSA) is 66.8 Å². The minimum absolute atomic E-state index is 0.1000. The maximum Gasteiger partial charge on any atom is 0.329 e. The Hall–Kier alpha value is -2.63. The molecule has 0 amide bonds. The van der Waals surface area contributed by atoms with E-state index < -0.39 is 0 Å². The molecule has 24 heavy (non-hydrogen) atoms. The van der Waals surface area contributed by atoms with Crippen LogP contribution in [-0.4, -0.2) is 33.6 Å². The molecule has 0 saturated heterocycles. The van der Waals surface area contributed by atoms with Gasteiger partial charge in [-0.05, 0) is 25.0 Å². The number of hydrogen-bond donors (Lipinski definition) is 1. The van der Waals surface area contributed by atoms with Crippen LogP contribution in [0.1, 0.15) is 31.7 Å². The van der Waals surface area contributed by atoms with Crippen molar-refractivity contribution in [2.45, 2.75) is 31.7 Å². The second kappa shape index (κ2) is 5.78. The van der Waals surface area contributed by atoms with Gasteiger partial charge in [0, 0.05) is 31.4 Å². The van der Waals surface area contributed by atoms with Crippen LogP contribution in [0.4, 0.5) is 5.69 Å². The van der Waals surface area contributed by atoms with Gasteiger partial charge in [0.25, 0.3) is 0 Å². The molecule has 2 heterocycles. The van der Waals surface area contributed by atoms with Crippen molar-refractivity contribution in [3.8, 4) is 11.3 Å². The van der Waals surface area contributed by atoms with Crippen LogP contribution in [0.15, 0.2) is 35.3 Å². The van der Waals surface area contributed by atoms with Gasteiger partial charge in [-0.15, -0.1) is 0 Å². The van der Waals surface area contributed by atoms with Gasteiger partial charge >= 0.3 is 5.69 Å². The SMILES string of the molecule is CN(C)c1ccc(-c2cnc3[nH]c(=O)n(C4CCCC4)c3n2)cc1. The summed E-state index contributed by atoms with van der Waals surface area (Å²) in [5.74, 6) is 0. The number of nitrogens with one attached hydrogen (secondary N) is 1. The number of rotatable bonds is 3. The first-order valence-corrected chi connectivity index (χ1v) is 8.38. The minimum Gasteiger partial charge on any atom is -0.378 e. The Morgan fingerprint density at radius 2 is 1.88 bits per heavy atom. The summed E-state index contributed by atoms with van der Waals surface area (Å²) in [5, 5.41) is 0. The molecule has 1 aliphatic carbocycles. The van der Waals surface area contributed by atoms with Gasteiger partial charge in [-0.3, -0.25) is 9.55 Å². The average molecular weight is 323 g/mol. The van der Waals surface area contributed by atoms with E-state index >= 15 is 0 Å². The molecular weight excluding hydrogens is 302 g/mol. The highest BCUT2D eigenvalue weighted by molar-refractivity contribution is 5.71. The Labute approximate surface area is 140 Å². The monoisotopic (exact) mass is 323 g/mol. The molecule has 1 aliphatic rings. The Kier molecular flexibility index (Phi) is 3.59. The van der Waals surface area contributed by atoms with Gasteiger partial charge in [-0.25, -0.2) is 14.8 Å². The Morgan fingerprint density at radius 3 is 2.54 bits per heavy atom. The Morgan fingerprint density at radius 1 is 1.17 bits per heavy atom. The minimum atomic E-state index is -0.1000. The molecule has 0 atom stereocenters. The summed E-state index contributed by atoms with van der Waals surface area (Å²) in [6, 6.07) is 8.43. The lowest BCUT2D eigenvalue weighted by atomic mass is 10.1. The van der Waals surface area contributed by atoms with E-state index in [0.29, 0.717) is 11.3 Å². The van der Waals surface area contributed by atoms with E-state index in [1.807, 2.05) is 26.2 Å². The molecule has 0 radical (unpaired) electrons. The lowest BCUT2D eigenvalue weighted by molar-refractivity contribution is 0.515. The average Bonchev–Trinajstić information content (AvgIpc) is 3.20. The molecule has 4 rings (SSSR count). The highest BCUT2D eigenvalue weighted by atomic mass is 16.1. The van der Waals surface area contributed by atoms with Crippen LogP contribution in [0.5, 0.6) is 0 Å². The lowest BCUT2D eigenvalue weighted by Crippen LogP contribution is -2.20. The second-order valence-electron chi connectivity index (χ2n) is 6.61. The quantitative estimate of drug-likeness (QED) is 0.805. The zero-order valence-electron chi connectivity index (χ0n) is 14.0. The largest absolute Gasteiger partial charge is 0.378 e. The van der Waals surface area contributed by atoms with E-state index in [1.165, 1.54) is 12.8 Å². The summed E-state index contributed by atoms with van der Waals surface area (Å²) in [4.78, 5) is 26.4. The number of benzene rings is 1. The van der Waals surface area contributed by atoms with Crippen LogP contribution >= 0.6 is 0 Å². The zero-order valence-corrected chi connectivity index (χ0v) is 14.0. The van der Waals surface area contributed by atoms with Crippen molar-refractivity contribution < 1.29 is 0 Å². The molecule has 3 aromatic rings. The molecule has 124 valence electrons. The fourth-order valence-corrected chi connectivity index (χ4v) is 3.46. The summed E-state index contributed by atoms with van der Waals surface area (Å²) in [6.45, 7) is 0. The summed E-state index contributed by atoms with van der Waals surface area (Å²) in [7, 11) is 4.03. The van der Waals surface area contributed by atoms with Gasteiger partial charge in [0.1, 0.15) is 0 Å². The van der Waals surface area contributed by atoms with Crippen molar-refractivity contribution >= 4 is 17.0 Å².